The summed E-state index contributed by atoms with van der Waals surface area (Å²) < 4.78 is 0. The number of aliphatic hydroxyl groups excluding tert-OH is 1. The number of aliphatic hydroxyl groups is 1. The van der Waals surface area contributed by atoms with Gasteiger partial charge in [0, 0.05) is 12.0 Å². The van der Waals surface area contributed by atoms with Gasteiger partial charge in [0.05, 0.1) is 0 Å². The van der Waals surface area contributed by atoms with Crippen molar-refractivity contribution in [1.82, 2.24) is 0 Å². The van der Waals surface area contributed by atoms with Crippen molar-refractivity contribution in [2.24, 2.45) is 5.41 Å². The van der Waals surface area contributed by atoms with Crippen molar-refractivity contribution in [1.29, 1.82) is 0 Å². The van der Waals surface area contributed by atoms with Gasteiger partial charge in [-0.1, -0.05) is 55.7 Å². The monoisotopic (exact) mass is 270 g/mol. The summed E-state index contributed by atoms with van der Waals surface area (Å²) in [6.45, 7) is 0.221. The molecule has 106 valence electrons. The predicted molar refractivity (Wildman–Crippen MR) is 81.9 cm³/mol. The molecule has 1 aliphatic carbocycles. The summed E-state index contributed by atoms with van der Waals surface area (Å²) >= 11 is 0. The maximum atomic E-state index is 10.5. The average Bonchev–Trinajstić information content (AvgIpc) is 2.51. The number of hydrogen-bond acceptors (Lipinski definition) is 2. The lowest BCUT2D eigenvalue weighted by Crippen LogP contribution is -2.30. The number of aromatic hydroxyl groups is 1. The molecule has 3 rings (SSSR count). The van der Waals surface area contributed by atoms with E-state index in [9.17, 15) is 10.2 Å². The maximum absolute atomic E-state index is 10.5. The third kappa shape index (κ3) is 2.40. The van der Waals surface area contributed by atoms with Crippen LogP contribution >= 0.6 is 0 Å². The molecule has 0 heterocycles. The largest absolute Gasteiger partial charge is 0.507 e. The first-order valence-electron chi connectivity index (χ1n) is 7.55. The molecule has 0 saturated heterocycles. The highest BCUT2D eigenvalue weighted by molar-refractivity contribution is 5.89. The first-order chi connectivity index (χ1) is 9.74. The van der Waals surface area contributed by atoms with E-state index in [0.717, 1.165) is 35.6 Å². The lowest BCUT2D eigenvalue weighted by molar-refractivity contribution is 0.0818. The van der Waals surface area contributed by atoms with Crippen molar-refractivity contribution in [2.75, 3.05) is 6.61 Å². The highest BCUT2D eigenvalue weighted by Gasteiger charge is 2.32. The third-order valence-electron chi connectivity index (χ3n) is 4.80. The molecule has 2 N–H and O–H groups in total. The van der Waals surface area contributed by atoms with Gasteiger partial charge in [-0.15, -0.1) is 0 Å². The molecule has 1 aliphatic rings. The van der Waals surface area contributed by atoms with Gasteiger partial charge in [0.2, 0.25) is 0 Å². The highest BCUT2D eigenvalue weighted by Crippen LogP contribution is 2.41. The lowest BCUT2D eigenvalue weighted by atomic mass is 9.71. The minimum atomic E-state index is -0.0296. The molecule has 0 atom stereocenters. The van der Waals surface area contributed by atoms with Crippen LogP contribution in [0.15, 0.2) is 36.4 Å². The molecule has 0 unspecified atom stereocenters. The van der Waals surface area contributed by atoms with Gasteiger partial charge in [-0.3, -0.25) is 0 Å². The summed E-state index contributed by atoms with van der Waals surface area (Å²) in [5.41, 5.74) is 0.942. The minimum Gasteiger partial charge on any atom is -0.507 e. The van der Waals surface area contributed by atoms with Crippen LogP contribution in [0, 0.1) is 5.41 Å². The van der Waals surface area contributed by atoms with Gasteiger partial charge in [-0.2, -0.15) is 0 Å². The fourth-order valence-corrected chi connectivity index (χ4v) is 3.54. The summed E-state index contributed by atoms with van der Waals surface area (Å²) in [6.07, 6.45) is 6.56. The Morgan fingerprint density at radius 2 is 1.70 bits per heavy atom. The molecule has 1 fully saturated rings. The Labute approximate surface area is 120 Å². The highest BCUT2D eigenvalue weighted by atomic mass is 16.3. The van der Waals surface area contributed by atoms with Gasteiger partial charge in [0.25, 0.3) is 0 Å². The molecule has 2 aromatic rings. The zero-order valence-electron chi connectivity index (χ0n) is 11.8. The fourth-order valence-electron chi connectivity index (χ4n) is 3.54. The van der Waals surface area contributed by atoms with E-state index in [1.807, 2.05) is 30.3 Å². The van der Waals surface area contributed by atoms with Crippen LogP contribution in [0.4, 0.5) is 0 Å². The quantitative estimate of drug-likeness (QED) is 0.884. The molecule has 2 nitrogen and oxygen atoms in total. The van der Waals surface area contributed by atoms with Gasteiger partial charge in [0.15, 0.2) is 0 Å². The number of hydrogen-bond donors (Lipinski definition) is 2. The van der Waals surface area contributed by atoms with Gasteiger partial charge >= 0.3 is 0 Å². The van der Waals surface area contributed by atoms with Gasteiger partial charge < -0.3 is 10.2 Å². The van der Waals surface area contributed by atoms with Crippen molar-refractivity contribution in [3.63, 3.8) is 0 Å². The van der Waals surface area contributed by atoms with Crippen LogP contribution in [-0.2, 0) is 6.42 Å². The Balaban J connectivity index is 1.95. The Morgan fingerprint density at radius 3 is 2.45 bits per heavy atom. The first kappa shape index (κ1) is 13.4. The van der Waals surface area contributed by atoms with E-state index in [1.54, 1.807) is 0 Å². The summed E-state index contributed by atoms with van der Waals surface area (Å²) in [5, 5.41) is 22.3. The summed E-state index contributed by atoms with van der Waals surface area (Å²) in [6, 6.07) is 12.0. The van der Waals surface area contributed by atoms with Crippen LogP contribution in [0.25, 0.3) is 10.8 Å². The number of fused-ring (bicyclic) bond motifs is 1. The van der Waals surface area contributed by atoms with E-state index in [-0.39, 0.29) is 12.0 Å². The van der Waals surface area contributed by atoms with Crippen LogP contribution in [0.2, 0.25) is 0 Å². The van der Waals surface area contributed by atoms with E-state index in [2.05, 4.69) is 6.07 Å². The molecule has 0 amide bonds. The van der Waals surface area contributed by atoms with Crippen LogP contribution in [0.3, 0.4) is 0 Å². The second-order valence-electron chi connectivity index (χ2n) is 6.19. The van der Waals surface area contributed by atoms with E-state index in [0.29, 0.717) is 5.75 Å². The van der Waals surface area contributed by atoms with Crippen molar-refractivity contribution in [2.45, 2.75) is 38.5 Å². The topological polar surface area (TPSA) is 40.5 Å². The molecule has 0 radical (unpaired) electrons. The maximum Gasteiger partial charge on any atom is 0.126 e. The average molecular weight is 270 g/mol. The second-order valence-corrected chi connectivity index (χ2v) is 6.19. The Bertz CT molecular complexity index is 597. The molecule has 1 saturated carbocycles. The fraction of sp³-hybridized carbons (Fsp3) is 0.444. The standard InChI is InChI=1S/C18H22O2/c19-13-18(10-4-1-5-11-18)12-15-9-8-14-6-2-3-7-16(14)17(15)20/h2-3,6-9,19-20H,1,4-5,10-13H2. The number of phenolic OH excluding ortho intramolecular Hbond substituents is 1. The smallest absolute Gasteiger partial charge is 0.126 e. The van der Waals surface area contributed by atoms with E-state index in [4.69, 9.17) is 0 Å². The second kappa shape index (κ2) is 5.45. The van der Waals surface area contributed by atoms with Crippen molar-refractivity contribution in [3.8, 4) is 5.75 Å². The Morgan fingerprint density at radius 1 is 0.950 bits per heavy atom. The zero-order chi connectivity index (χ0) is 14.0. The molecule has 0 aromatic heterocycles. The van der Waals surface area contributed by atoms with Crippen LogP contribution in [-0.4, -0.2) is 16.8 Å². The van der Waals surface area contributed by atoms with E-state index >= 15 is 0 Å². The first-order valence-corrected chi connectivity index (χ1v) is 7.55. The SMILES string of the molecule is OCC1(Cc2ccc3ccccc3c2O)CCCCC1. The Hall–Kier alpha value is -1.54. The van der Waals surface area contributed by atoms with Gasteiger partial charge in [0.1, 0.15) is 5.75 Å². The van der Waals surface area contributed by atoms with E-state index < -0.39 is 0 Å². The lowest BCUT2D eigenvalue weighted by Gasteiger charge is -2.36. The summed E-state index contributed by atoms with van der Waals surface area (Å²) in [4.78, 5) is 0. The van der Waals surface area contributed by atoms with E-state index in [1.165, 1.54) is 19.3 Å². The number of phenols is 1. The van der Waals surface area contributed by atoms with Crippen molar-refractivity contribution < 1.29 is 10.2 Å². The molecular formula is C18H22O2. The molecule has 2 aromatic carbocycles. The molecular weight excluding hydrogens is 248 g/mol. The minimum absolute atomic E-state index is 0.0296. The number of rotatable bonds is 3. The predicted octanol–water partition coefficient (Wildman–Crippen LogP) is 4.03. The molecule has 20 heavy (non-hydrogen) atoms. The van der Waals surface area contributed by atoms with Crippen molar-refractivity contribution in [3.05, 3.63) is 42.0 Å². The Kier molecular flexibility index (Phi) is 3.66. The van der Waals surface area contributed by atoms with Gasteiger partial charge in [-0.25, -0.2) is 0 Å². The third-order valence-corrected chi connectivity index (χ3v) is 4.80. The molecule has 2 heteroatoms. The zero-order valence-corrected chi connectivity index (χ0v) is 11.8. The van der Waals surface area contributed by atoms with Gasteiger partial charge in [-0.05, 0) is 35.6 Å². The molecule has 0 aliphatic heterocycles. The molecule has 0 bridgehead atoms. The summed E-state index contributed by atoms with van der Waals surface area (Å²) in [5.74, 6) is 0.390. The van der Waals surface area contributed by atoms with Crippen LogP contribution in [0.1, 0.15) is 37.7 Å². The van der Waals surface area contributed by atoms with Crippen LogP contribution in [0.5, 0.6) is 5.75 Å². The normalized spacial score (nSPS) is 18.2. The van der Waals surface area contributed by atoms with Crippen molar-refractivity contribution >= 4 is 10.8 Å². The number of benzene rings is 2. The molecule has 0 spiro atoms. The van der Waals surface area contributed by atoms with Crippen LogP contribution < -0.4 is 0 Å². The summed E-state index contributed by atoms with van der Waals surface area (Å²) in [7, 11) is 0.